The summed E-state index contributed by atoms with van der Waals surface area (Å²) in [4.78, 5) is 81.8. The van der Waals surface area contributed by atoms with Gasteiger partial charge in [-0.15, -0.1) is 0 Å². The van der Waals surface area contributed by atoms with E-state index in [0.29, 0.717) is 74.2 Å². The number of hydrogen-bond acceptors (Lipinski definition) is 11. The number of nitrogens with zero attached hydrogens (tertiary/aromatic N) is 5. The highest BCUT2D eigenvalue weighted by Crippen LogP contribution is 2.40. The van der Waals surface area contributed by atoms with E-state index in [9.17, 15) is 28.8 Å². The van der Waals surface area contributed by atoms with Gasteiger partial charge in [0.05, 0.1) is 17.2 Å². The van der Waals surface area contributed by atoms with E-state index in [-0.39, 0.29) is 41.8 Å². The molecule has 2 fully saturated rings. The molecule has 5 N–H and O–H groups in total. The monoisotopic (exact) mass is 801 g/mol. The molecule has 4 aliphatic heterocycles. The summed E-state index contributed by atoms with van der Waals surface area (Å²) in [6.07, 6.45) is 2.96. The molecular formula is C43H47N9O7. The lowest BCUT2D eigenvalue weighted by atomic mass is 9.86. The van der Waals surface area contributed by atoms with E-state index in [1.165, 1.54) is 0 Å². The molecule has 8 rings (SSSR count). The van der Waals surface area contributed by atoms with Crippen LogP contribution in [0.5, 0.6) is 11.5 Å². The van der Waals surface area contributed by atoms with Crippen LogP contribution in [-0.2, 0) is 14.4 Å². The fourth-order valence-corrected chi connectivity index (χ4v) is 8.61. The van der Waals surface area contributed by atoms with E-state index in [1.54, 1.807) is 18.2 Å². The van der Waals surface area contributed by atoms with Gasteiger partial charge in [-0.1, -0.05) is 24.3 Å². The zero-order chi connectivity index (χ0) is 41.2. The first-order chi connectivity index (χ1) is 28.6. The third kappa shape index (κ3) is 7.99. The van der Waals surface area contributed by atoms with Crippen LogP contribution in [0, 0.1) is 5.92 Å². The highest BCUT2D eigenvalue weighted by Gasteiger charge is 2.45. The molecule has 0 radical (unpaired) electrons. The highest BCUT2D eigenvalue weighted by atomic mass is 16.5. The maximum Gasteiger partial charge on any atom is 0.264 e. The van der Waals surface area contributed by atoms with Gasteiger partial charge in [0, 0.05) is 63.4 Å². The average Bonchev–Trinajstić information content (AvgIpc) is 3.76. The lowest BCUT2D eigenvalue weighted by Gasteiger charge is -2.38. The number of likely N-dealkylation sites (tertiary alicyclic amines) is 1. The minimum Gasteiger partial charge on any atom is -0.457 e. The number of piperidine rings is 2. The zero-order valence-electron chi connectivity index (χ0n) is 32.8. The van der Waals surface area contributed by atoms with E-state index in [2.05, 4.69) is 16.0 Å². The Morgan fingerprint density at radius 3 is 2.37 bits per heavy atom. The molecule has 59 heavy (non-hydrogen) atoms. The van der Waals surface area contributed by atoms with Gasteiger partial charge in [-0.25, -0.2) is 4.68 Å². The fraction of sp³-hybridized carbons (Fsp3) is 0.372. The van der Waals surface area contributed by atoms with Gasteiger partial charge in [-0.3, -0.25) is 39.0 Å². The molecule has 0 aliphatic carbocycles. The number of anilines is 2. The Labute approximate surface area is 341 Å². The number of carbonyl (C=O) groups excluding carboxylic acids is 6. The molecule has 16 nitrogen and oxygen atoms in total. The van der Waals surface area contributed by atoms with Crippen LogP contribution in [0.3, 0.4) is 0 Å². The Kier molecular flexibility index (Phi) is 11.1. The molecule has 2 saturated heterocycles. The summed E-state index contributed by atoms with van der Waals surface area (Å²) in [7, 11) is 1.93. The summed E-state index contributed by atoms with van der Waals surface area (Å²) in [6.45, 7) is 3.51. The molecule has 5 heterocycles. The number of hydrogen-bond donors (Lipinski definition) is 4. The normalized spacial score (nSPS) is 19.3. The number of fused-ring (bicyclic) bond motifs is 2. The maximum absolute atomic E-state index is 13.4. The summed E-state index contributed by atoms with van der Waals surface area (Å²) in [5.41, 5.74) is 8.52. The molecule has 0 saturated carbocycles. The molecule has 4 aliphatic rings. The van der Waals surface area contributed by atoms with Crippen molar-refractivity contribution in [3.63, 3.8) is 0 Å². The molecule has 6 amide bonds. The summed E-state index contributed by atoms with van der Waals surface area (Å²) in [6, 6.07) is 21.0. The molecule has 306 valence electrons. The van der Waals surface area contributed by atoms with Crippen LogP contribution in [0.25, 0.3) is 11.3 Å². The first kappa shape index (κ1) is 39.3. The number of rotatable bonds is 13. The third-order valence-electron chi connectivity index (χ3n) is 11.7. The van der Waals surface area contributed by atoms with Gasteiger partial charge in [0.15, 0.2) is 0 Å². The predicted octanol–water partition coefficient (Wildman–Crippen LogP) is 3.87. The molecular weight excluding hydrogens is 755 g/mol. The molecule has 2 atom stereocenters. The Balaban J connectivity index is 0.825. The number of nitrogens with one attached hydrogen (secondary N) is 3. The number of benzene rings is 3. The van der Waals surface area contributed by atoms with Crippen LogP contribution < -0.4 is 26.4 Å². The summed E-state index contributed by atoms with van der Waals surface area (Å²) >= 11 is 0. The quantitative estimate of drug-likeness (QED) is 0.143. The number of primary amides is 1. The second-order valence-electron chi connectivity index (χ2n) is 15.5. The largest absolute Gasteiger partial charge is 0.457 e. The van der Waals surface area contributed by atoms with Crippen molar-refractivity contribution in [1.82, 2.24) is 29.8 Å². The van der Waals surface area contributed by atoms with Crippen molar-refractivity contribution >= 4 is 46.9 Å². The van der Waals surface area contributed by atoms with Gasteiger partial charge in [0.1, 0.15) is 34.6 Å². The second kappa shape index (κ2) is 16.7. The van der Waals surface area contributed by atoms with E-state index < -0.39 is 35.6 Å². The van der Waals surface area contributed by atoms with E-state index in [4.69, 9.17) is 15.6 Å². The number of aromatic nitrogens is 2. The maximum atomic E-state index is 13.4. The lowest BCUT2D eigenvalue weighted by molar-refractivity contribution is -0.136. The smallest absolute Gasteiger partial charge is 0.264 e. The van der Waals surface area contributed by atoms with Gasteiger partial charge >= 0.3 is 0 Å². The molecule has 16 heteroatoms. The van der Waals surface area contributed by atoms with Crippen LogP contribution in [0.1, 0.15) is 75.6 Å². The second-order valence-corrected chi connectivity index (χ2v) is 15.5. The third-order valence-corrected chi connectivity index (χ3v) is 11.7. The van der Waals surface area contributed by atoms with Crippen molar-refractivity contribution in [3.8, 4) is 22.8 Å². The number of para-hydroxylation sites is 1. The topological polar surface area (TPSA) is 201 Å². The fourth-order valence-electron chi connectivity index (χ4n) is 8.61. The number of amides is 6. The lowest BCUT2D eigenvalue weighted by Crippen LogP contribution is -2.54. The van der Waals surface area contributed by atoms with Crippen molar-refractivity contribution in [2.75, 3.05) is 56.9 Å². The molecule has 0 spiro atoms. The van der Waals surface area contributed by atoms with Crippen LogP contribution >= 0.6 is 0 Å². The Hall–Kier alpha value is -6.55. The van der Waals surface area contributed by atoms with Crippen molar-refractivity contribution in [3.05, 3.63) is 89.5 Å². The van der Waals surface area contributed by atoms with Gasteiger partial charge in [-0.05, 0) is 87.2 Å². The van der Waals surface area contributed by atoms with Crippen LogP contribution in [0.4, 0.5) is 11.5 Å². The zero-order valence-corrected chi connectivity index (χ0v) is 32.8. The van der Waals surface area contributed by atoms with Crippen LogP contribution in [-0.4, -0.2) is 112 Å². The Morgan fingerprint density at radius 2 is 1.64 bits per heavy atom. The Bertz CT molecular complexity index is 2290. The number of imide groups is 2. The number of ether oxygens (including phenoxy) is 1. The average molecular weight is 802 g/mol. The number of nitrogens with two attached hydrogens (primary N) is 1. The number of likely N-dealkylation sites (N-methyl/N-ethyl adjacent to an activating group) is 1. The van der Waals surface area contributed by atoms with Crippen LogP contribution in [0.2, 0.25) is 0 Å². The van der Waals surface area contributed by atoms with E-state index in [0.717, 1.165) is 35.5 Å². The van der Waals surface area contributed by atoms with Crippen molar-refractivity contribution in [2.24, 2.45) is 11.7 Å². The van der Waals surface area contributed by atoms with Crippen molar-refractivity contribution in [1.29, 1.82) is 0 Å². The first-order valence-corrected chi connectivity index (χ1v) is 20.1. The van der Waals surface area contributed by atoms with E-state index in [1.807, 2.05) is 76.1 Å². The summed E-state index contributed by atoms with van der Waals surface area (Å²) in [5.74, 6) is -0.356. The van der Waals surface area contributed by atoms with Gasteiger partial charge in [-0.2, -0.15) is 5.10 Å². The van der Waals surface area contributed by atoms with Gasteiger partial charge in [0.25, 0.3) is 17.7 Å². The first-order valence-electron chi connectivity index (χ1n) is 20.1. The van der Waals surface area contributed by atoms with E-state index >= 15 is 0 Å². The predicted molar refractivity (Wildman–Crippen MR) is 218 cm³/mol. The Morgan fingerprint density at radius 1 is 0.898 bits per heavy atom. The van der Waals surface area contributed by atoms with Gasteiger partial charge in [0.2, 0.25) is 17.7 Å². The standard InChI is InChI=1S/C43H47N9O7/c1-49(25-21-45-31-9-5-8-30-36(31)43(58)51(42(30)57)33-14-15-34(53)47-41(33)56)22-19-35(54)50-23-17-26(18-24-50)32-16-20-46-40-37(39(44)55)38(48-52(32)40)27-10-12-29(13-11-27)59-28-6-3-2-4-7-28/h2-13,26,32-33,45-46H,14-25H2,1H3,(H2,44,55)(H,47,53,56)/t32-,33?/m0/s1. The summed E-state index contributed by atoms with van der Waals surface area (Å²) in [5, 5.41) is 13.8. The molecule has 1 unspecified atom stereocenters. The highest BCUT2D eigenvalue weighted by molar-refractivity contribution is 6.25. The summed E-state index contributed by atoms with van der Waals surface area (Å²) < 4.78 is 7.89. The van der Waals surface area contributed by atoms with Crippen molar-refractivity contribution < 1.29 is 33.5 Å². The minimum atomic E-state index is -1.03. The minimum absolute atomic E-state index is 0.0504. The van der Waals surface area contributed by atoms with Gasteiger partial charge < -0.3 is 30.9 Å². The van der Waals surface area contributed by atoms with Crippen molar-refractivity contribution in [2.45, 2.75) is 50.6 Å². The number of carbonyl (C=O) groups is 6. The SMILES string of the molecule is CN(CCNc1cccc2c1C(=O)N(C1CCC(=O)NC1=O)C2=O)CCC(=O)N1CCC([C@@H]2CCNc3c(C(N)=O)c(-c4ccc(Oc5ccccc5)cc4)nn32)CC1. The van der Waals surface area contributed by atoms with Crippen LogP contribution in [0.15, 0.2) is 72.8 Å². The molecule has 0 bridgehead atoms. The molecule has 3 aromatic carbocycles. The molecule has 4 aromatic rings. The molecule has 1 aromatic heterocycles.